The number of amides is 2. The van der Waals surface area contributed by atoms with E-state index < -0.39 is 34.6 Å². The fourth-order valence-electron chi connectivity index (χ4n) is 1.94. The molecule has 2 amide bonds. The lowest BCUT2D eigenvalue weighted by Gasteiger charge is -2.19. The third-order valence-electron chi connectivity index (χ3n) is 2.96. The maximum absolute atomic E-state index is 12.0. The molecule has 0 aromatic carbocycles. The summed E-state index contributed by atoms with van der Waals surface area (Å²) in [5.74, 6) is -0.669. The molecule has 1 unspecified atom stereocenters. The van der Waals surface area contributed by atoms with Crippen LogP contribution >= 0.6 is 34.8 Å². The molecule has 1 atom stereocenters. The van der Waals surface area contributed by atoms with Crippen molar-refractivity contribution in [3.05, 3.63) is 11.6 Å². The van der Waals surface area contributed by atoms with Crippen LogP contribution in [0.4, 0.5) is 9.59 Å². The molecule has 0 aromatic rings. The molecular weight excluding hydrogens is 387 g/mol. The van der Waals surface area contributed by atoms with Gasteiger partial charge in [-0.1, -0.05) is 46.5 Å². The molecule has 0 saturated heterocycles. The molecular formula is C13H17Cl3N2O6. The van der Waals surface area contributed by atoms with Crippen LogP contribution in [0.15, 0.2) is 11.6 Å². The van der Waals surface area contributed by atoms with Gasteiger partial charge in [0.1, 0.15) is 12.6 Å². The van der Waals surface area contributed by atoms with Crippen molar-refractivity contribution in [2.24, 2.45) is 0 Å². The topological polar surface area (TPSA) is 105 Å². The first kappa shape index (κ1) is 20.7. The highest BCUT2D eigenvalue weighted by Gasteiger charge is 2.29. The van der Waals surface area contributed by atoms with Crippen LogP contribution in [0.25, 0.3) is 0 Å². The van der Waals surface area contributed by atoms with E-state index in [1.165, 1.54) is 4.90 Å². The van der Waals surface area contributed by atoms with E-state index in [4.69, 9.17) is 49.4 Å². The number of carbonyl (C=O) groups is 3. The summed E-state index contributed by atoms with van der Waals surface area (Å²) in [6.07, 6.45) is -0.253. The number of carbonyl (C=O) groups excluding carboxylic acids is 2. The molecule has 136 valence electrons. The molecule has 8 nitrogen and oxygen atoms in total. The van der Waals surface area contributed by atoms with E-state index in [1.54, 1.807) is 13.0 Å². The number of ether oxygens (including phenoxy) is 2. The summed E-state index contributed by atoms with van der Waals surface area (Å²) in [5, 5.41) is 11.3. The first-order valence-corrected chi connectivity index (χ1v) is 8.08. The van der Waals surface area contributed by atoms with Crippen LogP contribution in [0.2, 0.25) is 0 Å². The Bertz CT molecular complexity index is 520. The Balaban J connectivity index is 2.63. The Morgan fingerprint density at radius 3 is 2.54 bits per heavy atom. The molecule has 24 heavy (non-hydrogen) atoms. The van der Waals surface area contributed by atoms with E-state index in [-0.39, 0.29) is 26.1 Å². The van der Waals surface area contributed by atoms with Gasteiger partial charge in [0.05, 0.1) is 6.61 Å². The molecule has 1 rings (SSSR count). The zero-order valence-corrected chi connectivity index (χ0v) is 15.0. The number of carboxylic acid groups (broad SMARTS) is 1. The number of hydrogen-bond acceptors (Lipinski definition) is 5. The second-order valence-corrected chi connectivity index (χ2v) is 7.39. The van der Waals surface area contributed by atoms with Crippen molar-refractivity contribution in [3.63, 3.8) is 0 Å². The predicted octanol–water partition coefficient (Wildman–Crippen LogP) is 2.32. The zero-order chi connectivity index (χ0) is 18.3. The number of alkyl carbamates (subject to hydrolysis) is 1. The fourth-order valence-corrected chi connectivity index (χ4v) is 2.10. The maximum Gasteiger partial charge on any atom is 0.408 e. The number of nitrogens with one attached hydrogen (secondary N) is 1. The molecule has 0 aromatic heterocycles. The van der Waals surface area contributed by atoms with Gasteiger partial charge in [-0.2, -0.15) is 0 Å². The van der Waals surface area contributed by atoms with Gasteiger partial charge in [0.15, 0.2) is 0 Å². The summed E-state index contributed by atoms with van der Waals surface area (Å²) in [6.45, 7) is 1.63. The van der Waals surface area contributed by atoms with Gasteiger partial charge in [-0.3, -0.25) is 0 Å². The minimum Gasteiger partial charge on any atom is -0.465 e. The van der Waals surface area contributed by atoms with E-state index in [0.717, 1.165) is 0 Å². The molecule has 0 bridgehead atoms. The molecule has 0 fully saturated rings. The lowest BCUT2D eigenvalue weighted by molar-refractivity contribution is -0.145. The van der Waals surface area contributed by atoms with E-state index in [0.29, 0.717) is 5.57 Å². The lowest BCUT2D eigenvalue weighted by atomic mass is 10.1. The molecule has 1 aliphatic heterocycles. The summed E-state index contributed by atoms with van der Waals surface area (Å²) in [4.78, 5) is 35.7. The SMILES string of the molecule is CCOC(=O)C(CC1=CCN(C(=O)O)C1)NC(=O)OCC(Cl)(Cl)Cl. The van der Waals surface area contributed by atoms with Crippen molar-refractivity contribution < 1.29 is 29.0 Å². The predicted molar refractivity (Wildman–Crippen MR) is 87.5 cm³/mol. The van der Waals surface area contributed by atoms with Gasteiger partial charge in [-0.25, -0.2) is 14.4 Å². The van der Waals surface area contributed by atoms with Crippen molar-refractivity contribution in [2.45, 2.75) is 23.2 Å². The number of hydrogen-bond donors (Lipinski definition) is 2. The first-order chi connectivity index (χ1) is 11.1. The minimum atomic E-state index is -1.77. The van der Waals surface area contributed by atoms with Gasteiger partial charge in [-0.15, -0.1) is 0 Å². The molecule has 11 heteroatoms. The average molecular weight is 404 g/mol. The highest BCUT2D eigenvalue weighted by Crippen LogP contribution is 2.26. The Kier molecular flexibility index (Phi) is 7.92. The molecule has 1 heterocycles. The second kappa shape index (κ2) is 9.19. The van der Waals surface area contributed by atoms with Crippen LogP contribution in [-0.4, -0.2) is 64.3 Å². The van der Waals surface area contributed by atoms with Gasteiger partial charge in [-0.05, 0) is 6.92 Å². The smallest absolute Gasteiger partial charge is 0.408 e. The monoisotopic (exact) mass is 402 g/mol. The van der Waals surface area contributed by atoms with Gasteiger partial charge < -0.3 is 24.8 Å². The Morgan fingerprint density at radius 2 is 2.04 bits per heavy atom. The van der Waals surface area contributed by atoms with Crippen molar-refractivity contribution in [1.29, 1.82) is 0 Å². The fraction of sp³-hybridized carbons (Fsp3) is 0.615. The third-order valence-corrected chi connectivity index (χ3v) is 3.29. The summed E-state index contributed by atoms with van der Waals surface area (Å²) in [6, 6.07) is -1.03. The maximum atomic E-state index is 12.0. The highest BCUT2D eigenvalue weighted by atomic mass is 35.6. The molecule has 0 saturated carbocycles. The van der Waals surface area contributed by atoms with Crippen LogP contribution < -0.4 is 5.32 Å². The Hall–Kier alpha value is -1.38. The second-order valence-electron chi connectivity index (χ2n) is 4.87. The number of halogens is 3. The number of alkyl halides is 3. The Labute approximate surface area is 153 Å². The van der Waals surface area contributed by atoms with Crippen LogP contribution in [0, 0.1) is 0 Å². The standard InChI is InChI=1S/C13H17Cl3N2O6/c1-2-23-10(19)9(17-11(20)24-7-13(14,15)16)5-8-3-4-18(6-8)12(21)22/h3,9H,2,4-7H2,1H3,(H,17,20)(H,21,22). The summed E-state index contributed by atoms with van der Waals surface area (Å²) in [7, 11) is 0. The van der Waals surface area contributed by atoms with Crippen LogP contribution in [0.1, 0.15) is 13.3 Å². The lowest BCUT2D eigenvalue weighted by Crippen LogP contribution is -2.43. The highest BCUT2D eigenvalue weighted by molar-refractivity contribution is 6.67. The van der Waals surface area contributed by atoms with Crippen LogP contribution in [-0.2, 0) is 14.3 Å². The van der Waals surface area contributed by atoms with E-state index in [1.807, 2.05) is 0 Å². The van der Waals surface area contributed by atoms with Gasteiger partial charge in [0, 0.05) is 19.5 Å². The molecule has 1 aliphatic rings. The van der Waals surface area contributed by atoms with Crippen molar-refractivity contribution in [2.75, 3.05) is 26.3 Å². The van der Waals surface area contributed by atoms with Crippen molar-refractivity contribution >= 4 is 53.0 Å². The van der Waals surface area contributed by atoms with Gasteiger partial charge >= 0.3 is 18.2 Å². The largest absolute Gasteiger partial charge is 0.465 e. The van der Waals surface area contributed by atoms with E-state index >= 15 is 0 Å². The number of nitrogens with zero attached hydrogens (tertiary/aromatic N) is 1. The minimum absolute atomic E-state index is 0.0888. The average Bonchev–Trinajstić information content (AvgIpc) is 2.93. The molecule has 2 N–H and O–H groups in total. The summed E-state index contributed by atoms with van der Waals surface area (Å²) in [5.41, 5.74) is 0.678. The van der Waals surface area contributed by atoms with Crippen LogP contribution in [0.5, 0.6) is 0 Å². The molecule has 0 spiro atoms. The van der Waals surface area contributed by atoms with E-state index in [2.05, 4.69) is 5.32 Å². The Morgan fingerprint density at radius 1 is 1.38 bits per heavy atom. The van der Waals surface area contributed by atoms with Gasteiger partial charge in [0.2, 0.25) is 3.79 Å². The molecule has 0 aliphatic carbocycles. The van der Waals surface area contributed by atoms with Crippen molar-refractivity contribution in [3.8, 4) is 0 Å². The summed E-state index contributed by atoms with van der Waals surface area (Å²) >= 11 is 16.4. The number of rotatable bonds is 6. The number of esters is 1. The first-order valence-electron chi connectivity index (χ1n) is 6.94. The van der Waals surface area contributed by atoms with E-state index in [9.17, 15) is 14.4 Å². The van der Waals surface area contributed by atoms with Gasteiger partial charge in [0.25, 0.3) is 0 Å². The van der Waals surface area contributed by atoms with Crippen LogP contribution in [0.3, 0.4) is 0 Å². The summed E-state index contributed by atoms with van der Waals surface area (Å²) < 4.78 is 7.83. The molecule has 0 radical (unpaired) electrons. The normalized spacial score (nSPS) is 15.5. The quantitative estimate of drug-likeness (QED) is 0.400. The van der Waals surface area contributed by atoms with Crippen molar-refractivity contribution in [1.82, 2.24) is 10.2 Å². The third kappa shape index (κ3) is 7.46. The zero-order valence-electron chi connectivity index (χ0n) is 12.8.